The molecule has 0 bridgehead atoms. The Labute approximate surface area is 120 Å². The second-order valence-electron chi connectivity index (χ2n) is 4.01. The standard InChI is InChI=1S/C14H12ClNO2S/c1-9-3-2-4-10(16-9)8-19-11-5-6-13(15)12(7-11)14(17)18/h2-7H,8H2,1H3,(H,17,18). The number of thioether (sulfide) groups is 1. The Hall–Kier alpha value is -1.52. The number of aromatic carboxylic acids is 1. The van der Waals surface area contributed by atoms with E-state index in [1.54, 1.807) is 12.1 Å². The van der Waals surface area contributed by atoms with Crippen molar-refractivity contribution >= 4 is 29.3 Å². The molecule has 0 spiro atoms. The normalized spacial score (nSPS) is 10.4. The van der Waals surface area contributed by atoms with E-state index in [-0.39, 0.29) is 10.6 Å². The van der Waals surface area contributed by atoms with Gasteiger partial charge in [0.25, 0.3) is 0 Å². The first-order valence-electron chi connectivity index (χ1n) is 5.64. The minimum absolute atomic E-state index is 0.129. The fourth-order valence-electron chi connectivity index (χ4n) is 1.60. The van der Waals surface area contributed by atoms with Gasteiger partial charge in [-0.25, -0.2) is 4.79 Å². The molecule has 5 heteroatoms. The molecule has 2 rings (SSSR count). The molecule has 0 aliphatic carbocycles. The van der Waals surface area contributed by atoms with E-state index < -0.39 is 5.97 Å². The maximum Gasteiger partial charge on any atom is 0.337 e. The van der Waals surface area contributed by atoms with Gasteiger partial charge in [-0.3, -0.25) is 4.98 Å². The summed E-state index contributed by atoms with van der Waals surface area (Å²) < 4.78 is 0. The van der Waals surface area contributed by atoms with Crippen LogP contribution >= 0.6 is 23.4 Å². The van der Waals surface area contributed by atoms with E-state index in [9.17, 15) is 4.79 Å². The third-order valence-electron chi connectivity index (χ3n) is 2.50. The largest absolute Gasteiger partial charge is 0.478 e. The number of pyridine rings is 1. The van der Waals surface area contributed by atoms with E-state index in [4.69, 9.17) is 16.7 Å². The van der Waals surface area contributed by atoms with Gasteiger partial charge in [0.2, 0.25) is 0 Å². The van der Waals surface area contributed by atoms with Crippen LogP contribution in [0.4, 0.5) is 0 Å². The monoisotopic (exact) mass is 293 g/mol. The van der Waals surface area contributed by atoms with Crippen molar-refractivity contribution in [2.75, 3.05) is 0 Å². The summed E-state index contributed by atoms with van der Waals surface area (Å²) in [6.07, 6.45) is 0. The summed E-state index contributed by atoms with van der Waals surface area (Å²) in [5.41, 5.74) is 2.07. The summed E-state index contributed by atoms with van der Waals surface area (Å²) in [4.78, 5) is 16.3. The number of hydrogen-bond donors (Lipinski definition) is 1. The molecule has 0 saturated heterocycles. The molecular formula is C14H12ClNO2S. The molecule has 0 atom stereocenters. The van der Waals surface area contributed by atoms with E-state index in [2.05, 4.69) is 4.98 Å². The van der Waals surface area contributed by atoms with Crippen molar-refractivity contribution in [3.63, 3.8) is 0 Å². The first kappa shape index (κ1) is 13.9. The van der Waals surface area contributed by atoms with Gasteiger partial charge in [-0.2, -0.15) is 0 Å². The molecular weight excluding hydrogens is 282 g/mol. The van der Waals surface area contributed by atoms with E-state index in [0.717, 1.165) is 16.3 Å². The van der Waals surface area contributed by atoms with Crippen molar-refractivity contribution in [1.82, 2.24) is 4.98 Å². The van der Waals surface area contributed by atoms with Crippen LogP contribution in [0.3, 0.4) is 0 Å². The number of rotatable bonds is 4. The molecule has 0 saturated carbocycles. The number of aromatic nitrogens is 1. The summed E-state index contributed by atoms with van der Waals surface area (Å²) in [6.45, 7) is 1.94. The number of nitrogens with zero attached hydrogens (tertiary/aromatic N) is 1. The molecule has 1 N–H and O–H groups in total. The third-order valence-corrected chi connectivity index (χ3v) is 3.86. The van der Waals surface area contributed by atoms with E-state index in [1.165, 1.54) is 11.8 Å². The van der Waals surface area contributed by atoms with Crippen LogP contribution < -0.4 is 0 Å². The van der Waals surface area contributed by atoms with Gasteiger partial charge in [0.05, 0.1) is 16.3 Å². The minimum Gasteiger partial charge on any atom is -0.478 e. The Morgan fingerprint density at radius 2 is 2.16 bits per heavy atom. The Morgan fingerprint density at radius 1 is 1.37 bits per heavy atom. The van der Waals surface area contributed by atoms with Gasteiger partial charge in [0.15, 0.2) is 0 Å². The summed E-state index contributed by atoms with van der Waals surface area (Å²) in [5, 5.41) is 9.26. The maximum absolute atomic E-state index is 11.0. The van der Waals surface area contributed by atoms with Crippen LogP contribution in [0.2, 0.25) is 5.02 Å². The lowest BCUT2D eigenvalue weighted by atomic mass is 10.2. The molecule has 2 aromatic rings. The summed E-state index contributed by atoms with van der Waals surface area (Å²) in [7, 11) is 0. The van der Waals surface area contributed by atoms with Crippen LogP contribution in [0.25, 0.3) is 0 Å². The molecule has 3 nitrogen and oxygen atoms in total. The zero-order chi connectivity index (χ0) is 13.8. The lowest BCUT2D eigenvalue weighted by molar-refractivity contribution is 0.0697. The maximum atomic E-state index is 11.0. The van der Waals surface area contributed by atoms with Crippen LogP contribution in [0.5, 0.6) is 0 Å². The molecule has 19 heavy (non-hydrogen) atoms. The Morgan fingerprint density at radius 3 is 2.84 bits per heavy atom. The molecule has 0 unspecified atom stereocenters. The average Bonchev–Trinajstić information content (AvgIpc) is 2.37. The number of aryl methyl sites for hydroxylation is 1. The van der Waals surface area contributed by atoms with Gasteiger partial charge in [-0.05, 0) is 37.3 Å². The van der Waals surface area contributed by atoms with Crippen molar-refractivity contribution < 1.29 is 9.90 Å². The first-order chi connectivity index (χ1) is 9.06. The van der Waals surface area contributed by atoms with Crippen LogP contribution in [0.15, 0.2) is 41.3 Å². The highest BCUT2D eigenvalue weighted by molar-refractivity contribution is 7.98. The zero-order valence-electron chi connectivity index (χ0n) is 10.3. The van der Waals surface area contributed by atoms with E-state index in [1.807, 2.05) is 31.2 Å². The topological polar surface area (TPSA) is 50.2 Å². The van der Waals surface area contributed by atoms with Crippen molar-refractivity contribution in [2.24, 2.45) is 0 Å². The Balaban J connectivity index is 2.12. The average molecular weight is 294 g/mol. The van der Waals surface area contributed by atoms with Crippen LogP contribution in [-0.2, 0) is 5.75 Å². The minimum atomic E-state index is -1.01. The molecule has 1 heterocycles. The van der Waals surface area contributed by atoms with Crippen molar-refractivity contribution in [2.45, 2.75) is 17.6 Å². The fraction of sp³-hybridized carbons (Fsp3) is 0.143. The van der Waals surface area contributed by atoms with E-state index >= 15 is 0 Å². The smallest absolute Gasteiger partial charge is 0.337 e. The summed E-state index contributed by atoms with van der Waals surface area (Å²) in [5.74, 6) is -0.316. The highest BCUT2D eigenvalue weighted by Crippen LogP contribution is 2.26. The van der Waals surface area contributed by atoms with Gasteiger partial charge in [0, 0.05) is 16.3 Å². The fourth-order valence-corrected chi connectivity index (χ4v) is 2.63. The van der Waals surface area contributed by atoms with Gasteiger partial charge in [-0.1, -0.05) is 17.7 Å². The number of carboxylic acids is 1. The predicted molar refractivity (Wildman–Crippen MR) is 76.9 cm³/mol. The number of carboxylic acid groups (broad SMARTS) is 1. The highest BCUT2D eigenvalue weighted by Gasteiger charge is 2.09. The molecule has 0 fully saturated rings. The molecule has 0 aliphatic heterocycles. The number of halogens is 1. The molecule has 0 aliphatic rings. The molecule has 98 valence electrons. The van der Waals surface area contributed by atoms with E-state index in [0.29, 0.717) is 5.75 Å². The van der Waals surface area contributed by atoms with Crippen LogP contribution in [0, 0.1) is 6.92 Å². The number of hydrogen-bond acceptors (Lipinski definition) is 3. The molecule has 1 aromatic heterocycles. The summed E-state index contributed by atoms with van der Waals surface area (Å²) >= 11 is 7.36. The van der Waals surface area contributed by atoms with Crippen LogP contribution in [-0.4, -0.2) is 16.1 Å². The van der Waals surface area contributed by atoms with Crippen molar-refractivity contribution in [3.8, 4) is 0 Å². The lowest BCUT2D eigenvalue weighted by Crippen LogP contribution is -1.97. The predicted octanol–water partition coefficient (Wildman–Crippen LogP) is 4.03. The molecule has 1 aromatic carbocycles. The first-order valence-corrected chi connectivity index (χ1v) is 7.01. The highest BCUT2D eigenvalue weighted by atomic mass is 35.5. The van der Waals surface area contributed by atoms with Gasteiger partial charge in [0.1, 0.15) is 0 Å². The SMILES string of the molecule is Cc1cccc(CSc2ccc(Cl)c(C(=O)O)c2)n1. The van der Waals surface area contributed by atoms with Gasteiger partial charge < -0.3 is 5.11 Å². The van der Waals surface area contributed by atoms with Gasteiger partial charge in [-0.15, -0.1) is 11.8 Å². The lowest BCUT2D eigenvalue weighted by Gasteiger charge is -2.05. The quantitative estimate of drug-likeness (QED) is 0.865. The zero-order valence-corrected chi connectivity index (χ0v) is 11.8. The van der Waals surface area contributed by atoms with Crippen molar-refractivity contribution in [1.29, 1.82) is 0 Å². The van der Waals surface area contributed by atoms with Crippen molar-refractivity contribution in [3.05, 3.63) is 58.4 Å². The number of benzene rings is 1. The molecule has 0 radical (unpaired) electrons. The Kier molecular flexibility index (Phi) is 4.45. The van der Waals surface area contributed by atoms with Gasteiger partial charge >= 0.3 is 5.97 Å². The second-order valence-corrected chi connectivity index (χ2v) is 5.46. The van der Waals surface area contributed by atoms with Crippen LogP contribution in [0.1, 0.15) is 21.7 Å². The second kappa shape index (κ2) is 6.08. The third kappa shape index (κ3) is 3.72. The Bertz CT molecular complexity index is 616. The molecule has 0 amide bonds. The number of carbonyl (C=O) groups is 1. The summed E-state index contributed by atoms with van der Waals surface area (Å²) in [6, 6.07) is 10.9.